The number of H-pyrrole nitrogens is 1. The number of hydrogen-bond donors (Lipinski definition) is 2. The number of aromatic amines is 1. The summed E-state index contributed by atoms with van der Waals surface area (Å²) in [6.07, 6.45) is 1.64. The van der Waals surface area contributed by atoms with E-state index in [1.807, 2.05) is 19.1 Å². The van der Waals surface area contributed by atoms with Crippen molar-refractivity contribution in [2.24, 2.45) is 0 Å². The maximum Gasteiger partial charge on any atom is 0.261 e. The van der Waals surface area contributed by atoms with E-state index >= 15 is 0 Å². The van der Waals surface area contributed by atoms with Crippen LogP contribution in [0.15, 0.2) is 59.6 Å². The number of aromatic nitrogens is 2. The van der Waals surface area contributed by atoms with Crippen molar-refractivity contribution in [2.45, 2.75) is 11.8 Å². The Morgan fingerprint density at radius 1 is 1.13 bits per heavy atom. The molecule has 0 bridgehead atoms. The van der Waals surface area contributed by atoms with E-state index in [4.69, 9.17) is 11.6 Å². The summed E-state index contributed by atoms with van der Waals surface area (Å²) in [5, 5.41) is 7.15. The van der Waals surface area contributed by atoms with Gasteiger partial charge in [-0.05, 0) is 42.8 Å². The lowest BCUT2D eigenvalue weighted by atomic mass is 10.1. The Balaban J connectivity index is 1.91. The van der Waals surface area contributed by atoms with Crippen LogP contribution in [0.1, 0.15) is 5.56 Å². The smallest absolute Gasteiger partial charge is 0.261 e. The standard InChI is InChI=1S/C16H14ClN3O2S/c1-11-5-6-14(10-15(11)17)23(21,22)20-13-4-2-3-12(9-13)16-7-8-18-19-16/h2-10,20H,1H3,(H,18,19). The molecule has 7 heteroatoms. The minimum absolute atomic E-state index is 0.125. The molecule has 0 unspecified atom stereocenters. The summed E-state index contributed by atoms with van der Waals surface area (Å²) >= 11 is 6.01. The highest BCUT2D eigenvalue weighted by molar-refractivity contribution is 7.92. The number of benzene rings is 2. The molecule has 2 aromatic carbocycles. The number of aryl methyl sites for hydroxylation is 1. The van der Waals surface area contributed by atoms with Gasteiger partial charge in [0, 0.05) is 22.5 Å². The molecule has 0 amide bonds. The number of sulfonamides is 1. The molecule has 0 saturated carbocycles. The van der Waals surface area contributed by atoms with Crippen LogP contribution in [-0.4, -0.2) is 18.6 Å². The second kappa shape index (κ2) is 6.06. The Morgan fingerprint density at radius 3 is 2.65 bits per heavy atom. The van der Waals surface area contributed by atoms with E-state index in [2.05, 4.69) is 14.9 Å². The van der Waals surface area contributed by atoms with Gasteiger partial charge in [-0.1, -0.05) is 29.8 Å². The van der Waals surface area contributed by atoms with Crippen LogP contribution in [0.5, 0.6) is 0 Å². The van der Waals surface area contributed by atoms with Crippen molar-refractivity contribution in [2.75, 3.05) is 4.72 Å². The molecular formula is C16H14ClN3O2S. The van der Waals surface area contributed by atoms with Gasteiger partial charge in [0.15, 0.2) is 0 Å². The summed E-state index contributed by atoms with van der Waals surface area (Å²) in [6.45, 7) is 1.82. The highest BCUT2D eigenvalue weighted by Gasteiger charge is 2.15. The molecule has 3 rings (SSSR count). The molecular weight excluding hydrogens is 334 g/mol. The molecule has 0 saturated heterocycles. The largest absolute Gasteiger partial charge is 0.280 e. The number of halogens is 1. The number of nitrogens with zero attached hydrogens (tertiary/aromatic N) is 1. The normalized spacial score (nSPS) is 11.4. The number of anilines is 1. The van der Waals surface area contributed by atoms with Crippen molar-refractivity contribution >= 4 is 27.3 Å². The van der Waals surface area contributed by atoms with E-state index in [9.17, 15) is 8.42 Å². The lowest BCUT2D eigenvalue weighted by Crippen LogP contribution is -2.13. The summed E-state index contributed by atoms with van der Waals surface area (Å²) in [6, 6.07) is 13.5. The first kappa shape index (κ1) is 15.6. The summed E-state index contributed by atoms with van der Waals surface area (Å²) in [5.74, 6) is 0. The monoisotopic (exact) mass is 347 g/mol. The second-order valence-corrected chi connectivity index (χ2v) is 7.16. The van der Waals surface area contributed by atoms with Crippen molar-refractivity contribution in [1.82, 2.24) is 10.2 Å². The number of rotatable bonds is 4. The summed E-state index contributed by atoms with van der Waals surface area (Å²) in [5.41, 5.74) is 2.94. The van der Waals surface area contributed by atoms with Gasteiger partial charge in [0.25, 0.3) is 10.0 Å². The van der Waals surface area contributed by atoms with Gasteiger partial charge in [-0.15, -0.1) is 0 Å². The van der Waals surface area contributed by atoms with Crippen molar-refractivity contribution < 1.29 is 8.42 Å². The van der Waals surface area contributed by atoms with E-state index in [1.54, 1.807) is 30.5 Å². The van der Waals surface area contributed by atoms with Gasteiger partial charge in [0.05, 0.1) is 10.6 Å². The summed E-state index contributed by atoms with van der Waals surface area (Å²) in [7, 11) is -3.70. The Hall–Kier alpha value is -2.31. The molecule has 23 heavy (non-hydrogen) atoms. The molecule has 0 fully saturated rings. The quantitative estimate of drug-likeness (QED) is 0.753. The Morgan fingerprint density at radius 2 is 1.96 bits per heavy atom. The first-order chi connectivity index (χ1) is 11.0. The highest BCUT2D eigenvalue weighted by Crippen LogP contribution is 2.24. The van der Waals surface area contributed by atoms with Gasteiger partial charge in [0.1, 0.15) is 0 Å². The average molecular weight is 348 g/mol. The molecule has 0 aliphatic carbocycles. The zero-order chi connectivity index (χ0) is 16.4. The molecule has 1 aromatic heterocycles. The predicted molar refractivity (Wildman–Crippen MR) is 91.0 cm³/mol. The van der Waals surface area contributed by atoms with Crippen LogP contribution in [0, 0.1) is 6.92 Å². The average Bonchev–Trinajstić information content (AvgIpc) is 3.04. The van der Waals surface area contributed by atoms with Gasteiger partial charge in [-0.25, -0.2) is 8.42 Å². The molecule has 0 aliphatic rings. The molecule has 0 spiro atoms. The van der Waals surface area contributed by atoms with Crippen molar-refractivity contribution in [3.8, 4) is 11.3 Å². The maximum atomic E-state index is 12.5. The van der Waals surface area contributed by atoms with E-state index in [1.165, 1.54) is 12.1 Å². The van der Waals surface area contributed by atoms with Crippen LogP contribution in [0.25, 0.3) is 11.3 Å². The van der Waals surface area contributed by atoms with E-state index in [0.717, 1.165) is 16.8 Å². The molecule has 0 aliphatic heterocycles. The van der Waals surface area contributed by atoms with Crippen molar-refractivity contribution in [1.29, 1.82) is 0 Å². The fourth-order valence-corrected chi connectivity index (χ4v) is 3.44. The van der Waals surface area contributed by atoms with Crippen LogP contribution in [-0.2, 0) is 10.0 Å². The topological polar surface area (TPSA) is 74.8 Å². The van der Waals surface area contributed by atoms with Crippen LogP contribution in [0.4, 0.5) is 5.69 Å². The van der Waals surface area contributed by atoms with E-state index in [0.29, 0.717) is 10.7 Å². The Bertz CT molecular complexity index is 938. The SMILES string of the molecule is Cc1ccc(S(=O)(=O)Nc2cccc(-c3ccn[nH]3)c2)cc1Cl. The third-order valence-electron chi connectivity index (χ3n) is 3.38. The Labute approximate surface area is 139 Å². The third kappa shape index (κ3) is 3.38. The molecule has 3 aromatic rings. The van der Waals surface area contributed by atoms with Crippen molar-refractivity contribution in [3.05, 3.63) is 65.3 Å². The Kier molecular flexibility index (Phi) is 4.11. The van der Waals surface area contributed by atoms with Crippen LogP contribution in [0.3, 0.4) is 0 Å². The lowest BCUT2D eigenvalue weighted by molar-refractivity contribution is 0.601. The van der Waals surface area contributed by atoms with Crippen LogP contribution in [0.2, 0.25) is 5.02 Å². The van der Waals surface area contributed by atoms with Gasteiger partial charge < -0.3 is 0 Å². The van der Waals surface area contributed by atoms with Crippen molar-refractivity contribution in [3.63, 3.8) is 0 Å². The fraction of sp³-hybridized carbons (Fsp3) is 0.0625. The maximum absolute atomic E-state index is 12.5. The zero-order valence-electron chi connectivity index (χ0n) is 12.2. The minimum Gasteiger partial charge on any atom is -0.280 e. The van der Waals surface area contributed by atoms with E-state index < -0.39 is 10.0 Å². The third-order valence-corrected chi connectivity index (χ3v) is 5.17. The molecule has 0 atom stereocenters. The van der Waals surface area contributed by atoms with Gasteiger partial charge in [-0.2, -0.15) is 5.10 Å². The van der Waals surface area contributed by atoms with Crippen LogP contribution < -0.4 is 4.72 Å². The van der Waals surface area contributed by atoms with Gasteiger partial charge >= 0.3 is 0 Å². The molecule has 5 nitrogen and oxygen atoms in total. The van der Waals surface area contributed by atoms with Crippen LogP contribution >= 0.6 is 11.6 Å². The molecule has 0 radical (unpaired) electrons. The summed E-state index contributed by atoms with van der Waals surface area (Å²) < 4.78 is 27.5. The fourth-order valence-electron chi connectivity index (χ4n) is 2.12. The van der Waals surface area contributed by atoms with Gasteiger partial charge in [0.2, 0.25) is 0 Å². The first-order valence-electron chi connectivity index (χ1n) is 6.84. The molecule has 1 heterocycles. The van der Waals surface area contributed by atoms with Gasteiger partial charge in [-0.3, -0.25) is 9.82 Å². The predicted octanol–water partition coefficient (Wildman–Crippen LogP) is 3.84. The molecule has 2 N–H and O–H groups in total. The first-order valence-corrected chi connectivity index (χ1v) is 8.70. The highest BCUT2D eigenvalue weighted by atomic mass is 35.5. The lowest BCUT2D eigenvalue weighted by Gasteiger charge is -2.10. The zero-order valence-corrected chi connectivity index (χ0v) is 13.8. The minimum atomic E-state index is -3.70. The summed E-state index contributed by atoms with van der Waals surface area (Å²) in [4.78, 5) is 0.125. The number of nitrogens with one attached hydrogen (secondary N) is 2. The second-order valence-electron chi connectivity index (χ2n) is 5.07. The van der Waals surface area contributed by atoms with E-state index in [-0.39, 0.29) is 4.90 Å². The number of hydrogen-bond acceptors (Lipinski definition) is 3. The molecule has 118 valence electrons.